The molecule has 0 bridgehead atoms. The molecular formula is C18H15F3N4O. The third kappa shape index (κ3) is 3.80. The average molecular weight is 360 g/mol. The minimum atomic E-state index is -4.62. The zero-order chi connectivity index (χ0) is 18.7. The Bertz CT molecular complexity index is 883. The minimum absolute atomic E-state index is 0.126. The number of pyridine rings is 1. The first-order valence-electron chi connectivity index (χ1n) is 7.64. The van der Waals surface area contributed by atoms with Gasteiger partial charge in [0.15, 0.2) is 5.82 Å². The third-order valence-corrected chi connectivity index (χ3v) is 3.74. The Labute approximate surface area is 147 Å². The quantitative estimate of drug-likeness (QED) is 0.769. The van der Waals surface area contributed by atoms with Gasteiger partial charge in [0.25, 0.3) is 0 Å². The molecule has 3 rings (SSSR count). The van der Waals surface area contributed by atoms with Gasteiger partial charge < -0.3 is 10.5 Å². The van der Waals surface area contributed by atoms with Crippen LogP contribution in [0.4, 0.5) is 13.2 Å². The lowest BCUT2D eigenvalue weighted by atomic mass is 10.1. The topological polar surface area (TPSA) is 73.9 Å². The van der Waals surface area contributed by atoms with Crippen molar-refractivity contribution in [3.63, 3.8) is 0 Å². The molecule has 26 heavy (non-hydrogen) atoms. The van der Waals surface area contributed by atoms with Crippen molar-refractivity contribution in [2.75, 3.05) is 7.11 Å². The highest BCUT2D eigenvalue weighted by atomic mass is 19.4. The van der Waals surface area contributed by atoms with Crippen LogP contribution in [0.15, 0.2) is 54.9 Å². The molecule has 0 radical (unpaired) electrons. The van der Waals surface area contributed by atoms with E-state index in [0.717, 1.165) is 6.07 Å². The molecule has 2 N–H and O–H groups in total. The lowest BCUT2D eigenvalue weighted by molar-refractivity contribution is -0.141. The highest BCUT2D eigenvalue weighted by Gasteiger charge is 2.34. The molecule has 2 heterocycles. The molecule has 0 saturated carbocycles. The number of nitrogens with two attached hydrogens (primary N) is 1. The smallest absolute Gasteiger partial charge is 0.433 e. The molecule has 2 aromatic heterocycles. The second kappa shape index (κ2) is 7.09. The van der Waals surface area contributed by atoms with E-state index in [9.17, 15) is 13.2 Å². The highest BCUT2D eigenvalue weighted by Crippen LogP contribution is 2.32. The molecule has 8 heteroatoms. The van der Waals surface area contributed by atoms with Crippen LogP contribution < -0.4 is 10.5 Å². The molecule has 0 aliphatic rings. The van der Waals surface area contributed by atoms with Crippen LogP contribution in [-0.2, 0) is 6.18 Å². The maximum Gasteiger partial charge on any atom is 0.433 e. The number of alkyl halides is 3. The first kappa shape index (κ1) is 17.8. The van der Waals surface area contributed by atoms with E-state index in [1.165, 1.54) is 13.3 Å². The Hall–Kier alpha value is -3.00. The molecule has 0 aliphatic heterocycles. The van der Waals surface area contributed by atoms with Gasteiger partial charge in [-0.05, 0) is 42.0 Å². The Morgan fingerprint density at radius 3 is 2.38 bits per heavy atom. The van der Waals surface area contributed by atoms with Gasteiger partial charge in [-0.2, -0.15) is 13.2 Å². The van der Waals surface area contributed by atoms with E-state index in [2.05, 4.69) is 15.0 Å². The second-order valence-corrected chi connectivity index (χ2v) is 5.49. The fourth-order valence-electron chi connectivity index (χ4n) is 2.37. The zero-order valence-corrected chi connectivity index (χ0v) is 13.7. The summed E-state index contributed by atoms with van der Waals surface area (Å²) in [5.41, 5.74) is 6.17. The maximum atomic E-state index is 13.3. The molecule has 0 spiro atoms. The number of halogens is 3. The summed E-state index contributed by atoms with van der Waals surface area (Å²) in [6, 6.07) is 9.82. The average Bonchev–Trinajstić information content (AvgIpc) is 2.67. The van der Waals surface area contributed by atoms with Gasteiger partial charge in [-0.1, -0.05) is 6.07 Å². The summed E-state index contributed by atoms with van der Waals surface area (Å²) in [7, 11) is 1.51. The van der Waals surface area contributed by atoms with Crippen LogP contribution in [0.1, 0.15) is 23.1 Å². The lowest BCUT2D eigenvalue weighted by Crippen LogP contribution is -2.19. The molecular weight excluding hydrogens is 345 g/mol. The molecule has 1 aromatic carbocycles. The number of hydrogen-bond acceptors (Lipinski definition) is 5. The highest BCUT2D eigenvalue weighted by molar-refractivity contribution is 5.60. The fourth-order valence-corrected chi connectivity index (χ4v) is 2.37. The third-order valence-electron chi connectivity index (χ3n) is 3.74. The van der Waals surface area contributed by atoms with Crippen molar-refractivity contribution in [3.8, 4) is 17.0 Å². The maximum absolute atomic E-state index is 13.3. The second-order valence-electron chi connectivity index (χ2n) is 5.49. The minimum Gasteiger partial charge on any atom is -0.497 e. The van der Waals surface area contributed by atoms with Crippen molar-refractivity contribution in [2.24, 2.45) is 5.73 Å². The van der Waals surface area contributed by atoms with E-state index < -0.39 is 17.9 Å². The van der Waals surface area contributed by atoms with Crippen molar-refractivity contribution in [1.82, 2.24) is 15.0 Å². The number of aromatic nitrogens is 3. The van der Waals surface area contributed by atoms with E-state index >= 15 is 0 Å². The van der Waals surface area contributed by atoms with Crippen LogP contribution in [0.25, 0.3) is 11.3 Å². The largest absolute Gasteiger partial charge is 0.497 e. The SMILES string of the molecule is COc1ccc(-c2cc(C(F)(F)F)nc(C(N)c3cccnc3)n2)cc1. The Kier molecular flexibility index (Phi) is 4.85. The predicted molar refractivity (Wildman–Crippen MR) is 89.3 cm³/mol. The Morgan fingerprint density at radius 1 is 1.08 bits per heavy atom. The van der Waals surface area contributed by atoms with E-state index in [1.54, 1.807) is 42.6 Å². The van der Waals surface area contributed by atoms with E-state index in [0.29, 0.717) is 16.9 Å². The Morgan fingerprint density at radius 2 is 1.81 bits per heavy atom. The molecule has 1 unspecified atom stereocenters. The van der Waals surface area contributed by atoms with Gasteiger partial charge in [-0.25, -0.2) is 9.97 Å². The number of hydrogen-bond donors (Lipinski definition) is 1. The standard InChI is InChI=1S/C18H15F3N4O/c1-26-13-6-4-11(5-7-13)14-9-15(18(19,20)21)25-17(24-14)16(22)12-3-2-8-23-10-12/h2-10,16H,22H2,1H3. The number of benzene rings is 1. The summed E-state index contributed by atoms with van der Waals surface area (Å²) in [5.74, 6) is 0.463. The van der Waals surface area contributed by atoms with Crippen LogP contribution >= 0.6 is 0 Å². The van der Waals surface area contributed by atoms with Crippen LogP contribution in [0.5, 0.6) is 5.75 Å². The van der Waals surface area contributed by atoms with Gasteiger partial charge in [0.2, 0.25) is 0 Å². The number of ether oxygens (including phenoxy) is 1. The summed E-state index contributed by atoms with van der Waals surface area (Å²) < 4.78 is 44.9. The summed E-state index contributed by atoms with van der Waals surface area (Å²) in [6.45, 7) is 0. The lowest BCUT2D eigenvalue weighted by Gasteiger charge is -2.15. The van der Waals surface area contributed by atoms with Crippen molar-refractivity contribution in [3.05, 3.63) is 71.9 Å². The normalized spacial score (nSPS) is 12.7. The fraction of sp³-hybridized carbons (Fsp3) is 0.167. The van der Waals surface area contributed by atoms with Crippen molar-refractivity contribution in [1.29, 1.82) is 0 Å². The van der Waals surface area contributed by atoms with Gasteiger partial charge in [-0.3, -0.25) is 4.98 Å². The van der Waals surface area contributed by atoms with Crippen LogP contribution in [0.2, 0.25) is 0 Å². The monoisotopic (exact) mass is 360 g/mol. The summed E-state index contributed by atoms with van der Waals surface area (Å²) in [5, 5.41) is 0. The van der Waals surface area contributed by atoms with Crippen LogP contribution in [-0.4, -0.2) is 22.1 Å². The number of rotatable bonds is 4. The van der Waals surface area contributed by atoms with Gasteiger partial charge in [-0.15, -0.1) is 0 Å². The van der Waals surface area contributed by atoms with E-state index in [1.807, 2.05) is 0 Å². The molecule has 0 aliphatic carbocycles. The van der Waals surface area contributed by atoms with Gasteiger partial charge in [0, 0.05) is 18.0 Å². The summed E-state index contributed by atoms with van der Waals surface area (Å²) in [4.78, 5) is 11.8. The number of nitrogens with zero attached hydrogens (tertiary/aromatic N) is 3. The van der Waals surface area contributed by atoms with Crippen molar-refractivity contribution < 1.29 is 17.9 Å². The van der Waals surface area contributed by atoms with Gasteiger partial charge >= 0.3 is 6.18 Å². The molecule has 134 valence electrons. The van der Waals surface area contributed by atoms with Gasteiger partial charge in [0.05, 0.1) is 18.8 Å². The molecule has 0 fully saturated rings. The molecule has 5 nitrogen and oxygen atoms in total. The summed E-state index contributed by atoms with van der Waals surface area (Å²) >= 11 is 0. The Balaban J connectivity index is 2.09. The van der Waals surface area contributed by atoms with Crippen LogP contribution in [0.3, 0.4) is 0 Å². The van der Waals surface area contributed by atoms with Gasteiger partial charge in [0.1, 0.15) is 11.4 Å². The first-order valence-corrected chi connectivity index (χ1v) is 7.64. The van der Waals surface area contributed by atoms with Crippen molar-refractivity contribution in [2.45, 2.75) is 12.2 Å². The van der Waals surface area contributed by atoms with E-state index in [-0.39, 0.29) is 11.5 Å². The molecule has 0 saturated heterocycles. The van der Waals surface area contributed by atoms with Crippen molar-refractivity contribution >= 4 is 0 Å². The summed E-state index contributed by atoms with van der Waals surface area (Å²) in [6.07, 6.45) is -1.60. The molecule has 0 amide bonds. The van der Waals surface area contributed by atoms with E-state index in [4.69, 9.17) is 10.5 Å². The first-order chi connectivity index (χ1) is 12.4. The molecule has 1 atom stereocenters. The number of methoxy groups -OCH3 is 1. The van der Waals surface area contributed by atoms with Crippen LogP contribution in [0, 0.1) is 0 Å². The predicted octanol–water partition coefficient (Wildman–Crippen LogP) is 3.61. The molecule has 3 aromatic rings. The zero-order valence-electron chi connectivity index (χ0n) is 13.7.